The van der Waals surface area contributed by atoms with E-state index in [4.69, 9.17) is 0 Å². The average molecular weight is 345 g/mol. The van der Waals surface area contributed by atoms with Crippen LogP contribution in [-0.2, 0) is 0 Å². The molecule has 19 heavy (non-hydrogen) atoms. The fourth-order valence-electron chi connectivity index (χ4n) is 2.07. The van der Waals surface area contributed by atoms with Crippen molar-refractivity contribution in [3.63, 3.8) is 0 Å². The average Bonchev–Trinajstić information content (AvgIpc) is 2.42. The summed E-state index contributed by atoms with van der Waals surface area (Å²) in [6.45, 7) is 4.50. The van der Waals surface area contributed by atoms with Crippen LogP contribution in [0.15, 0.2) is 22.7 Å². The Balaban J connectivity index is 2.98. The maximum atomic E-state index is 3.57. The Morgan fingerprint density at radius 2 is 2.05 bits per heavy atom. The van der Waals surface area contributed by atoms with Crippen molar-refractivity contribution < 1.29 is 0 Å². The fraction of sp³-hybridized carbons (Fsp3) is 0.600. The summed E-state index contributed by atoms with van der Waals surface area (Å²) in [6.07, 6.45) is 3.38. The SMILES string of the molecule is CNC(C)c1cc(Br)ccc1N(C)C(C)CCSC. The Hall–Kier alpha value is -0.190. The summed E-state index contributed by atoms with van der Waals surface area (Å²) in [6, 6.07) is 7.45. The van der Waals surface area contributed by atoms with Crippen LogP contribution in [0.5, 0.6) is 0 Å². The summed E-state index contributed by atoms with van der Waals surface area (Å²) < 4.78 is 1.14. The van der Waals surface area contributed by atoms with Crippen molar-refractivity contribution in [3.8, 4) is 0 Å². The zero-order valence-corrected chi connectivity index (χ0v) is 14.9. The van der Waals surface area contributed by atoms with Gasteiger partial charge in [0.1, 0.15) is 0 Å². The van der Waals surface area contributed by atoms with Crippen molar-refractivity contribution in [1.82, 2.24) is 5.32 Å². The van der Waals surface area contributed by atoms with E-state index in [2.05, 4.69) is 71.5 Å². The number of halogens is 1. The molecule has 108 valence electrons. The zero-order valence-electron chi connectivity index (χ0n) is 12.5. The van der Waals surface area contributed by atoms with E-state index in [0.29, 0.717) is 12.1 Å². The molecule has 0 spiro atoms. The molecule has 0 radical (unpaired) electrons. The van der Waals surface area contributed by atoms with Gasteiger partial charge >= 0.3 is 0 Å². The van der Waals surface area contributed by atoms with Gasteiger partial charge in [-0.05, 0) is 63.1 Å². The third kappa shape index (κ3) is 4.69. The molecule has 1 rings (SSSR count). The highest BCUT2D eigenvalue weighted by Gasteiger charge is 2.16. The van der Waals surface area contributed by atoms with Crippen molar-refractivity contribution in [1.29, 1.82) is 0 Å². The Labute approximate surface area is 130 Å². The van der Waals surface area contributed by atoms with Gasteiger partial charge in [0.25, 0.3) is 0 Å². The molecule has 0 aromatic heterocycles. The smallest absolute Gasteiger partial charge is 0.0415 e. The lowest BCUT2D eigenvalue weighted by molar-refractivity contribution is 0.631. The summed E-state index contributed by atoms with van der Waals surface area (Å²) in [5.41, 5.74) is 2.66. The van der Waals surface area contributed by atoms with Gasteiger partial charge in [-0.15, -0.1) is 0 Å². The molecule has 1 N–H and O–H groups in total. The number of rotatable bonds is 7. The second-order valence-electron chi connectivity index (χ2n) is 4.95. The molecule has 0 aliphatic heterocycles. The number of thioether (sulfide) groups is 1. The van der Waals surface area contributed by atoms with E-state index in [-0.39, 0.29) is 0 Å². The zero-order chi connectivity index (χ0) is 14.4. The summed E-state index contributed by atoms with van der Waals surface area (Å²) in [5, 5.41) is 3.33. The Morgan fingerprint density at radius 1 is 1.37 bits per heavy atom. The minimum atomic E-state index is 0.350. The molecule has 0 saturated heterocycles. The second kappa shape index (κ2) is 8.18. The minimum absolute atomic E-state index is 0.350. The van der Waals surface area contributed by atoms with Gasteiger partial charge in [0.05, 0.1) is 0 Å². The largest absolute Gasteiger partial charge is 0.372 e. The molecule has 0 saturated carbocycles. The third-order valence-electron chi connectivity index (χ3n) is 3.67. The molecular formula is C15H25BrN2S. The molecule has 0 aliphatic carbocycles. The topological polar surface area (TPSA) is 15.3 Å². The van der Waals surface area contributed by atoms with Crippen molar-refractivity contribution in [2.75, 3.05) is 31.0 Å². The Bertz CT molecular complexity index is 398. The van der Waals surface area contributed by atoms with Crippen molar-refractivity contribution in [3.05, 3.63) is 28.2 Å². The molecule has 2 nitrogen and oxygen atoms in total. The van der Waals surface area contributed by atoms with Crippen molar-refractivity contribution in [2.45, 2.75) is 32.4 Å². The predicted molar refractivity (Wildman–Crippen MR) is 92.5 cm³/mol. The number of nitrogens with zero attached hydrogens (tertiary/aromatic N) is 1. The van der Waals surface area contributed by atoms with Gasteiger partial charge in [0.2, 0.25) is 0 Å². The van der Waals surface area contributed by atoms with E-state index < -0.39 is 0 Å². The first-order chi connectivity index (χ1) is 9.01. The number of benzene rings is 1. The van der Waals surface area contributed by atoms with Crippen LogP contribution in [0.2, 0.25) is 0 Å². The van der Waals surface area contributed by atoms with Crippen molar-refractivity contribution >= 4 is 33.4 Å². The highest BCUT2D eigenvalue weighted by molar-refractivity contribution is 9.10. The molecule has 0 bridgehead atoms. The monoisotopic (exact) mass is 344 g/mol. The summed E-state index contributed by atoms with van der Waals surface area (Å²) >= 11 is 5.49. The van der Waals surface area contributed by atoms with Gasteiger partial charge in [-0.3, -0.25) is 0 Å². The van der Waals surface area contributed by atoms with Crippen LogP contribution >= 0.6 is 27.7 Å². The fourth-order valence-corrected chi connectivity index (χ4v) is 3.02. The standard InChI is InChI=1S/C15H25BrN2S/c1-11(8-9-19-5)18(4)15-7-6-13(16)10-14(15)12(2)17-3/h6-7,10-12,17H,8-9H2,1-5H3. The van der Waals surface area contributed by atoms with E-state index >= 15 is 0 Å². The van der Waals surface area contributed by atoms with Crippen molar-refractivity contribution in [2.24, 2.45) is 0 Å². The molecule has 1 aromatic rings. The quantitative estimate of drug-likeness (QED) is 0.793. The predicted octanol–water partition coefficient (Wildman–Crippen LogP) is 4.31. The van der Waals surface area contributed by atoms with Crippen LogP contribution in [0, 0.1) is 0 Å². The summed E-state index contributed by atoms with van der Waals surface area (Å²) in [7, 11) is 4.20. The van der Waals surface area contributed by atoms with E-state index in [1.165, 1.54) is 23.4 Å². The second-order valence-corrected chi connectivity index (χ2v) is 6.86. The lowest BCUT2D eigenvalue weighted by Gasteiger charge is -2.30. The van der Waals surface area contributed by atoms with Gasteiger partial charge in [0.15, 0.2) is 0 Å². The lowest BCUT2D eigenvalue weighted by Crippen LogP contribution is -2.31. The summed E-state index contributed by atoms with van der Waals surface area (Å²) in [4.78, 5) is 2.39. The number of hydrogen-bond acceptors (Lipinski definition) is 3. The van der Waals surface area contributed by atoms with Gasteiger partial charge in [-0.25, -0.2) is 0 Å². The van der Waals surface area contributed by atoms with E-state index in [1.807, 2.05) is 18.8 Å². The van der Waals surface area contributed by atoms with E-state index in [9.17, 15) is 0 Å². The molecule has 2 atom stereocenters. The highest BCUT2D eigenvalue weighted by Crippen LogP contribution is 2.30. The van der Waals surface area contributed by atoms with Crippen LogP contribution in [0.1, 0.15) is 31.9 Å². The lowest BCUT2D eigenvalue weighted by atomic mass is 10.0. The van der Waals surface area contributed by atoms with Crippen LogP contribution < -0.4 is 10.2 Å². The van der Waals surface area contributed by atoms with Gasteiger partial charge < -0.3 is 10.2 Å². The normalized spacial score (nSPS) is 14.2. The van der Waals surface area contributed by atoms with E-state index in [0.717, 1.165) is 4.47 Å². The molecular weight excluding hydrogens is 320 g/mol. The first-order valence-electron chi connectivity index (χ1n) is 6.69. The Kier molecular flexibility index (Phi) is 7.26. The minimum Gasteiger partial charge on any atom is -0.372 e. The van der Waals surface area contributed by atoms with E-state index in [1.54, 1.807) is 0 Å². The molecule has 0 heterocycles. The number of anilines is 1. The maximum Gasteiger partial charge on any atom is 0.0415 e. The van der Waals surface area contributed by atoms with Crippen LogP contribution in [-0.4, -0.2) is 32.1 Å². The molecule has 0 fully saturated rings. The summed E-state index contributed by atoms with van der Waals surface area (Å²) in [5.74, 6) is 1.21. The molecule has 1 aromatic carbocycles. The molecule has 4 heteroatoms. The molecule has 2 unspecified atom stereocenters. The first kappa shape index (κ1) is 16.9. The molecule has 0 aliphatic rings. The van der Waals surface area contributed by atoms with Crippen LogP contribution in [0.4, 0.5) is 5.69 Å². The third-order valence-corrected chi connectivity index (χ3v) is 4.81. The van der Waals surface area contributed by atoms with Crippen LogP contribution in [0.3, 0.4) is 0 Å². The Morgan fingerprint density at radius 3 is 2.63 bits per heavy atom. The molecule has 0 amide bonds. The maximum absolute atomic E-state index is 3.57. The first-order valence-corrected chi connectivity index (χ1v) is 8.88. The van der Waals surface area contributed by atoms with Gasteiger partial charge in [0, 0.05) is 29.3 Å². The number of hydrogen-bond donors (Lipinski definition) is 1. The number of nitrogens with one attached hydrogen (secondary N) is 1. The van der Waals surface area contributed by atoms with Gasteiger partial charge in [-0.2, -0.15) is 11.8 Å². The van der Waals surface area contributed by atoms with Crippen LogP contribution in [0.25, 0.3) is 0 Å². The highest BCUT2D eigenvalue weighted by atomic mass is 79.9. The van der Waals surface area contributed by atoms with Gasteiger partial charge in [-0.1, -0.05) is 15.9 Å².